The number of fused-ring (bicyclic) bond motifs is 1. The number of carboxylic acid groups (broad SMARTS) is 1. The lowest BCUT2D eigenvalue weighted by Gasteiger charge is -2.19. The molecule has 0 heterocycles. The third-order valence-corrected chi connectivity index (χ3v) is 5.64. The van der Waals surface area contributed by atoms with Crippen molar-refractivity contribution in [2.24, 2.45) is 0 Å². The molecule has 0 unspecified atom stereocenters. The fourth-order valence-corrected chi connectivity index (χ4v) is 3.74. The Kier molecular flexibility index (Phi) is 7.01. The first-order chi connectivity index (χ1) is 14.8. The zero-order chi connectivity index (χ0) is 22.5. The maximum absolute atomic E-state index is 13.2. The Labute approximate surface area is 189 Å². The zero-order valence-corrected chi connectivity index (χ0v) is 18.0. The minimum Gasteiger partial charge on any atom is -0.495 e. The van der Waals surface area contributed by atoms with Crippen molar-refractivity contribution in [3.63, 3.8) is 0 Å². The highest BCUT2D eigenvalue weighted by Gasteiger charge is 2.23. The molecule has 1 amide bonds. The molecule has 8 heteroatoms. The molecule has 0 saturated carbocycles. The predicted molar refractivity (Wildman–Crippen MR) is 119 cm³/mol. The van der Waals surface area contributed by atoms with Gasteiger partial charge >= 0.3 is 5.97 Å². The summed E-state index contributed by atoms with van der Waals surface area (Å²) in [6.45, 7) is 0.0390. The Morgan fingerprint density at radius 1 is 1.16 bits per heavy atom. The number of halogens is 2. The van der Waals surface area contributed by atoms with Crippen LogP contribution in [0.4, 0.5) is 0 Å². The van der Waals surface area contributed by atoms with Gasteiger partial charge in [0.25, 0.3) is 5.91 Å². The highest BCUT2D eigenvalue weighted by Crippen LogP contribution is 2.32. The monoisotopic (exact) mass is 456 g/mol. The van der Waals surface area contributed by atoms with Crippen LogP contribution in [0.2, 0.25) is 10.0 Å². The summed E-state index contributed by atoms with van der Waals surface area (Å²) in [5.41, 5.74) is 1.10. The number of carboxylic acids is 1. The number of hydrogen-bond donors (Lipinski definition) is 2. The largest absolute Gasteiger partial charge is 0.495 e. The molecule has 31 heavy (non-hydrogen) atoms. The summed E-state index contributed by atoms with van der Waals surface area (Å²) in [5.74, 6) is -1.85. The maximum Gasteiger partial charge on any atom is 0.304 e. The van der Waals surface area contributed by atoms with Crippen LogP contribution in [0.3, 0.4) is 0 Å². The number of nitriles is 1. The van der Waals surface area contributed by atoms with Crippen LogP contribution in [0.5, 0.6) is 5.75 Å². The number of hydrogen-bond acceptors (Lipinski definition) is 4. The summed E-state index contributed by atoms with van der Waals surface area (Å²) in [5, 5.41) is 23.6. The van der Waals surface area contributed by atoms with Gasteiger partial charge in [0.05, 0.1) is 34.7 Å². The number of benzene rings is 3. The summed E-state index contributed by atoms with van der Waals surface area (Å²) in [7, 11) is 1.39. The Balaban J connectivity index is 1.96. The number of carbonyl (C=O) groups excluding carboxylic acids is 1. The number of rotatable bonds is 7. The molecule has 2 N–H and O–H groups in total. The fourth-order valence-electron chi connectivity index (χ4n) is 3.44. The number of amides is 1. The standard InChI is InChI=1S/C23H18Cl2N2O4/c1-31-22-15(11-26)8-14-4-2-3-5-17(14)21(22)23(30)27-12-16(10-20(28)29)13-6-7-18(24)19(25)9-13/h2-9,16H,10,12H2,1H3,(H,27,30)(H,28,29)/t16-/m1/s1. The number of nitrogens with one attached hydrogen (secondary N) is 1. The van der Waals surface area contributed by atoms with Crippen molar-refractivity contribution in [3.05, 3.63) is 75.3 Å². The minimum absolute atomic E-state index is 0.0390. The molecule has 0 aliphatic rings. The lowest BCUT2D eigenvalue weighted by atomic mass is 9.95. The van der Waals surface area contributed by atoms with E-state index in [4.69, 9.17) is 27.9 Å². The van der Waals surface area contributed by atoms with Gasteiger partial charge in [-0.3, -0.25) is 9.59 Å². The number of nitrogens with zero attached hydrogens (tertiary/aromatic N) is 1. The van der Waals surface area contributed by atoms with Gasteiger partial charge in [-0.15, -0.1) is 0 Å². The number of aliphatic carboxylic acids is 1. The van der Waals surface area contributed by atoms with E-state index in [1.54, 1.807) is 42.5 Å². The van der Waals surface area contributed by atoms with Crippen LogP contribution in [0, 0.1) is 11.3 Å². The van der Waals surface area contributed by atoms with Crippen LogP contribution in [-0.2, 0) is 4.79 Å². The van der Waals surface area contributed by atoms with Crippen LogP contribution in [-0.4, -0.2) is 30.6 Å². The minimum atomic E-state index is -1.01. The zero-order valence-electron chi connectivity index (χ0n) is 16.5. The smallest absolute Gasteiger partial charge is 0.304 e. The molecule has 0 aliphatic carbocycles. The lowest BCUT2D eigenvalue weighted by Crippen LogP contribution is -2.30. The molecule has 0 radical (unpaired) electrons. The van der Waals surface area contributed by atoms with Gasteiger partial charge in [-0.25, -0.2) is 0 Å². The highest BCUT2D eigenvalue weighted by molar-refractivity contribution is 6.42. The van der Waals surface area contributed by atoms with Gasteiger partial charge in [-0.1, -0.05) is 53.5 Å². The van der Waals surface area contributed by atoms with E-state index in [1.165, 1.54) is 7.11 Å². The summed E-state index contributed by atoms with van der Waals surface area (Å²) >= 11 is 12.0. The Morgan fingerprint density at radius 3 is 2.55 bits per heavy atom. The van der Waals surface area contributed by atoms with Crippen molar-refractivity contribution in [2.75, 3.05) is 13.7 Å². The van der Waals surface area contributed by atoms with Crippen LogP contribution in [0.15, 0.2) is 48.5 Å². The van der Waals surface area contributed by atoms with Crippen molar-refractivity contribution < 1.29 is 19.4 Å². The molecule has 3 aromatic carbocycles. The Hall–Kier alpha value is -3.27. The van der Waals surface area contributed by atoms with Gasteiger partial charge in [0.1, 0.15) is 11.8 Å². The SMILES string of the molecule is COc1c(C#N)cc2ccccc2c1C(=O)NC[C@@H](CC(=O)O)c1ccc(Cl)c(Cl)c1. The predicted octanol–water partition coefficient (Wildman–Crippen LogP) is 5.02. The lowest BCUT2D eigenvalue weighted by molar-refractivity contribution is -0.137. The van der Waals surface area contributed by atoms with Crippen LogP contribution in [0.25, 0.3) is 10.8 Å². The van der Waals surface area contributed by atoms with Crippen molar-refractivity contribution in [3.8, 4) is 11.8 Å². The maximum atomic E-state index is 13.2. The molecular weight excluding hydrogens is 439 g/mol. The topological polar surface area (TPSA) is 99.4 Å². The van der Waals surface area contributed by atoms with E-state index in [0.29, 0.717) is 21.0 Å². The Morgan fingerprint density at radius 2 is 1.90 bits per heavy atom. The number of methoxy groups -OCH3 is 1. The van der Waals surface area contributed by atoms with Gasteiger partial charge in [0.15, 0.2) is 0 Å². The van der Waals surface area contributed by atoms with Gasteiger partial charge < -0.3 is 15.2 Å². The van der Waals surface area contributed by atoms with E-state index in [1.807, 2.05) is 6.07 Å². The second kappa shape index (κ2) is 9.69. The van der Waals surface area contributed by atoms with Gasteiger partial charge in [-0.05, 0) is 34.5 Å². The van der Waals surface area contributed by atoms with Crippen molar-refractivity contribution >= 4 is 45.9 Å². The molecule has 0 fully saturated rings. The second-order valence-corrected chi connectivity index (χ2v) is 7.66. The van der Waals surface area contributed by atoms with Crippen molar-refractivity contribution in [2.45, 2.75) is 12.3 Å². The van der Waals surface area contributed by atoms with Crippen LogP contribution >= 0.6 is 23.2 Å². The Bertz CT molecular complexity index is 1200. The number of carbonyl (C=O) groups is 2. The van der Waals surface area contributed by atoms with E-state index < -0.39 is 17.8 Å². The quantitative estimate of drug-likeness (QED) is 0.519. The first-order valence-corrected chi connectivity index (χ1v) is 10.1. The molecule has 0 saturated heterocycles. The molecule has 158 valence electrons. The van der Waals surface area contributed by atoms with Crippen molar-refractivity contribution in [1.82, 2.24) is 5.32 Å². The molecule has 0 aromatic heterocycles. The highest BCUT2D eigenvalue weighted by atomic mass is 35.5. The molecule has 0 bridgehead atoms. The summed E-state index contributed by atoms with van der Waals surface area (Å²) in [6, 6.07) is 15.7. The third-order valence-electron chi connectivity index (χ3n) is 4.90. The van der Waals surface area contributed by atoms with E-state index >= 15 is 0 Å². The molecule has 0 aliphatic heterocycles. The third kappa shape index (κ3) is 4.91. The summed E-state index contributed by atoms with van der Waals surface area (Å²) < 4.78 is 5.37. The van der Waals surface area contributed by atoms with Gasteiger partial charge in [-0.2, -0.15) is 5.26 Å². The average molecular weight is 457 g/mol. The van der Waals surface area contributed by atoms with Crippen LogP contribution in [0.1, 0.15) is 33.8 Å². The van der Waals surface area contributed by atoms with E-state index in [2.05, 4.69) is 11.4 Å². The molecule has 3 aromatic rings. The summed E-state index contributed by atoms with van der Waals surface area (Å²) in [4.78, 5) is 24.5. The van der Waals surface area contributed by atoms with E-state index in [-0.39, 0.29) is 29.8 Å². The molecular formula is C23H18Cl2N2O4. The second-order valence-electron chi connectivity index (χ2n) is 6.84. The summed E-state index contributed by atoms with van der Waals surface area (Å²) in [6.07, 6.45) is -0.214. The van der Waals surface area contributed by atoms with Gasteiger partial charge in [0.2, 0.25) is 0 Å². The molecule has 1 atom stereocenters. The van der Waals surface area contributed by atoms with Crippen LogP contribution < -0.4 is 10.1 Å². The first-order valence-electron chi connectivity index (χ1n) is 9.30. The average Bonchev–Trinajstić information content (AvgIpc) is 2.76. The molecule has 3 rings (SSSR count). The molecule has 6 nitrogen and oxygen atoms in total. The van der Waals surface area contributed by atoms with Gasteiger partial charge in [0, 0.05) is 12.5 Å². The van der Waals surface area contributed by atoms with E-state index in [0.717, 1.165) is 5.39 Å². The normalized spacial score (nSPS) is 11.5. The number of ether oxygens (including phenoxy) is 1. The fraction of sp³-hybridized carbons (Fsp3) is 0.174. The molecule has 0 spiro atoms. The first kappa shape index (κ1) is 22.4. The van der Waals surface area contributed by atoms with E-state index in [9.17, 15) is 20.0 Å². The van der Waals surface area contributed by atoms with Crippen molar-refractivity contribution in [1.29, 1.82) is 5.26 Å².